The number of pyridine rings is 1. The molecule has 0 bridgehead atoms. The number of rotatable bonds is 4. The van der Waals surface area contributed by atoms with Gasteiger partial charge in [0, 0.05) is 40.2 Å². The van der Waals surface area contributed by atoms with Crippen molar-refractivity contribution in [3.05, 3.63) is 174 Å². The second-order valence-electron chi connectivity index (χ2n) is 14.0. The van der Waals surface area contributed by atoms with E-state index in [9.17, 15) is 0 Å². The highest BCUT2D eigenvalue weighted by Gasteiger charge is 2.37. The summed E-state index contributed by atoms with van der Waals surface area (Å²) in [6, 6.07) is 49.1. The van der Waals surface area contributed by atoms with Gasteiger partial charge in [0.05, 0.1) is 5.69 Å². The molecule has 0 amide bonds. The molecule has 1 aromatic heterocycles. The summed E-state index contributed by atoms with van der Waals surface area (Å²) in [6.45, 7) is 4.77. The molecule has 3 aliphatic rings. The standard InChI is InChI=1S/C46H34N2/c1-46(2)41-27-30(36-20-17-29-15-16-31-26-32-10-9-25-47-45(32)40-24-23-39(36)43(29)44(31)40)18-21-37(41)38-22-19-35(28-42(38)46)48(33-11-5-3-6-12-33)34-13-7-4-8-14-34/h3-25,27-28,31H,26H2,1-2H3. The third-order valence-corrected chi connectivity index (χ3v) is 11.0. The molecule has 0 saturated carbocycles. The van der Waals surface area contributed by atoms with Crippen LogP contribution < -0.4 is 4.90 Å². The van der Waals surface area contributed by atoms with Crippen LogP contribution in [0.3, 0.4) is 0 Å². The van der Waals surface area contributed by atoms with Crippen LogP contribution in [0.5, 0.6) is 0 Å². The van der Waals surface area contributed by atoms with Gasteiger partial charge in [-0.1, -0.05) is 111 Å². The van der Waals surface area contributed by atoms with Gasteiger partial charge in [-0.15, -0.1) is 0 Å². The Kier molecular flexibility index (Phi) is 5.78. The highest BCUT2D eigenvalue weighted by molar-refractivity contribution is 6.07. The van der Waals surface area contributed by atoms with Gasteiger partial charge in [0.15, 0.2) is 0 Å². The average Bonchev–Trinajstić information content (AvgIpc) is 3.36. The van der Waals surface area contributed by atoms with Gasteiger partial charge >= 0.3 is 0 Å². The molecule has 10 rings (SSSR count). The number of aromatic nitrogens is 1. The van der Waals surface area contributed by atoms with Crippen LogP contribution in [-0.2, 0) is 11.8 Å². The van der Waals surface area contributed by atoms with Crippen LogP contribution in [0, 0.1) is 0 Å². The fourth-order valence-electron chi connectivity index (χ4n) is 8.69. The molecular weight excluding hydrogens is 581 g/mol. The zero-order chi connectivity index (χ0) is 32.0. The van der Waals surface area contributed by atoms with Gasteiger partial charge in [-0.25, -0.2) is 0 Å². The highest BCUT2D eigenvalue weighted by Crippen LogP contribution is 2.53. The van der Waals surface area contributed by atoms with Gasteiger partial charge in [0.2, 0.25) is 0 Å². The molecule has 2 nitrogen and oxygen atoms in total. The van der Waals surface area contributed by atoms with Gasteiger partial charge in [0.25, 0.3) is 0 Å². The zero-order valence-electron chi connectivity index (χ0n) is 27.1. The Morgan fingerprint density at radius 3 is 2.08 bits per heavy atom. The monoisotopic (exact) mass is 614 g/mol. The molecule has 1 unspecified atom stereocenters. The second kappa shape index (κ2) is 10.1. The third-order valence-electron chi connectivity index (χ3n) is 11.0. The number of allylic oxidation sites excluding steroid dienone is 1. The first-order chi connectivity index (χ1) is 23.6. The number of fused-ring (bicyclic) bond motifs is 5. The fraction of sp³-hybridized carbons (Fsp3) is 0.109. The molecule has 48 heavy (non-hydrogen) atoms. The van der Waals surface area contributed by atoms with Crippen molar-refractivity contribution in [2.24, 2.45) is 0 Å². The Labute approximate surface area is 281 Å². The zero-order valence-corrected chi connectivity index (χ0v) is 27.1. The van der Waals surface area contributed by atoms with Crippen molar-refractivity contribution in [2.45, 2.75) is 31.6 Å². The number of benzene rings is 6. The summed E-state index contributed by atoms with van der Waals surface area (Å²) in [5, 5.41) is 2.72. The van der Waals surface area contributed by atoms with Crippen LogP contribution >= 0.6 is 0 Å². The van der Waals surface area contributed by atoms with E-state index in [-0.39, 0.29) is 5.41 Å². The predicted molar refractivity (Wildman–Crippen MR) is 200 cm³/mol. The Balaban J connectivity index is 1.10. The quantitative estimate of drug-likeness (QED) is 0.196. The lowest BCUT2D eigenvalue weighted by atomic mass is 9.74. The van der Waals surface area contributed by atoms with Crippen LogP contribution in [0.4, 0.5) is 17.1 Å². The van der Waals surface area contributed by atoms with E-state index in [1.807, 2.05) is 6.20 Å². The average molecular weight is 615 g/mol. The van der Waals surface area contributed by atoms with Crippen LogP contribution in [-0.4, -0.2) is 4.98 Å². The van der Waals surface area contributed by atoms with Crippen LogP contribution in [0.15, 0.2) is 146 Å². The number of hydrogen-bond acceptors (Lipinski definition) is 2. The van der Waals surface area contributed by atoms with E-state index in [1.54, 1.807) is 0 Å². The van der Waals surface area contributed by atoms with Gasteiger partial charge in [-0.2, -0.15) is 0 Å². The first-order valence-electron chi connectivity index (χ1n) is 17.0. The molecule has 0 radical (unpaired) electrons. The SMILES string of the molecule is CC1(C)c2cc(-c3ccc4c5c6c(ccc35)-c3ncccc3CC6C=C4)ccc2-c2ccc(N(c3ccccc3)c3ccccc3)cc21. The van der Waals surface area contributed by atoms with Crippen molar-refractivity contribution >= 4 is 33.9 Å². The van der Waals surface area contributed by atoms with Crippen molar-refractivity contribution < 1.29 is 0 Å². The third kappa shape index (κ3) is 3.89. The number of hydrogen-bond donors (Lipinski definition) is 0. The van der Waals surface area contributed by atoms with E-state index in [0.717, 1.165) is 23.5 Å². The Bertz CT molecular complexity index is 2410. The summed E-state index contributed by atoms with van der Waals surface area (Å²) in [5.74, 6) is 0.386. The molecule has 0 spiro atoms. The van der Waals surface area contributed by atoms with E-state index in [0.29, 0.717) is 5.92 Å². The van der Waals surface area contributed by atoms with Gasteiger partial charge in [-0.3, -0.25) is 4.98 Å². The number of anilines is 3. The summed E-state index contributed by atoms with van der Waals surface area (Å²) >= 11 is 0. The fourth-order valence-corrected chi connectivity index (χ4v) is 8.69. The predicted octanol–water partition coefficient (Wildman–Crippen LogP) is 12.0. The van der Waals surface area contributed by atoms with E-state index in [1.165, 1.54) is 72.1 Å². The summed E-state index contributed by atoms with van der Waals surface area (Å²) in [7, 11) is 0. The molecule has 2 heteroatoms. The lowest BCUT2D eigenvalue weighted by Crippen LogP contribution is -2.16. The Morgan fingerprint density at radius 2 is 1.31 bits per heavy atom. The van der Waals surface area contributed by atoms with Crippen molar-refractivity contribution in [3.63, 3.8) is 0 Å². The molecule has 0 N–H and O–H groups in total. The minimum Gasteiger partial charge on any atom is -0.310 e. The topological polar surface area (TPSA) is 16.1 Å². The van der Waals surface area contributed by atoms with Crippen molar-refractivity contribution in [1.82, 2.24) is 4.98 Å². The Morgan fingerprint density at radius 1 is 0.625 bits per heavy atom. The molecule has 7 aromatic rings. The van der Waals surface area contributed by atoms with Crippen LogP contribution in [0.25, 0.3) is 50.4 Å². The van der Waals surface area contributed by atoms with Crippen molar-refractivity contribution in [2.75, 3.05) is 4.90 Å². The molecule has 3 aliphatic carbocycles. The van der Waals surface area contributed by atoms with E-state index < -0.39 is 0 Å². The minimum absolute atomic E-state index is 0.153. The summed E-state index contributed by atoms with van der Waals surface area (Å²) in [6.07, 6.45) is 7.67. The highest BCUT2D eigenvalue weighted by atomic mass is 15.1. The molecular formula is C46H34N2. The molecule has 6 aromatic carbocycles. The maximum absolute atomic E-state index is 4.84. The first-order valence-corrected chi connectivity index (χ1v) is 17.0. The largest absolute Gasteiger partial charge is 0.310 e. The van der Waals surface area contributed by atoms with Gasteiger partial charge in [0.1, 0.15) is 0 Å². The maximum Gasteiger partial charge on any atom is 0.0737 e. The molecule has 0 fully saturated rings. The summed E-state index contributed by atoms with van der Waals surface area (Å²) < 4.78 is 0. The molecule has 1 heterocycles. The normalized spacial score (nSPS) is 15.9. The molecule has 0 saturated heterocycles. The molecule has 1 atom stereocenters. The lowest BCUT2D eigenvalue weighted by Gasteiger charge is -2.30. The van der Waals surface area contributed by atoms with Gasteiger partial charge < -0.3 is 4.90 Å². The molecule has 0 aliphatic heterocycles. The van der Waals surface area contributed by atoms with Crippen LogP contribution in [0.2, 0.25) is 0 Å². The first kappa shape index (κ1) is 27.4. The summed E-state index contributed by atoms with van der Waals surface area (Å²) in [4.78, 5) is 7.20. The van der Waals surface area contributed by atoms with Crippen LogP contribution in [0.1, 0.15) is 47.6 Å². The Hall–Kier alpha value is -5.73. The van der Waals surface area contributed by atoms with E-state index >= 15 is 0 Å². The van der Waals surface area contributed by atoms with Crippen molar-refractivity contribution in [3.8, 4) is 33.5 Å². The van der Waals surface area contributed by atoms with E-state index in [4.69, 9.17) is 4.98 Å². The van der Waals surface area contributed by atoms with E-state index in [2.05, 4.69) is 164 Å². The molecule has 228 valence electrons. The minimum atomic E-state index is -0.153. The van der Waals surface area contributed by atoms with Gasteiger partial charge in [-0.05, 0) is 116 Å². The maximum atomic E-state index is 4.84. The smallest absolute Gasteiger partial charge is 0.0737 e. The summed E-state index contributed by atoms with van der Waals surface area (Å²) in [5.41, 5.74) is 17.9. The second-order valence-corrected chi connectivity index (χ2v) is 14.0. The number of nitrogens with zero attached hydrogens (tertiary/aromatic N) is 2. The van der Waals surface area contributed by atoms with Crippen molar-refractivity contribution in [1.29, 1.82) is 0 Å². The number of para-hydroxylation sites is 2. The lowest BCUT2D eigenvalue weighted by molar-refractivity contribution is 0.660.